The van der Waals surface area contributed by atoms with Gasteiger partial charge < -0.3 is 9.80 Å². The molecule has 47 heavy (non-hydrogen) atoms. The van der Waals surface area contributed by atoms with Crippen LogP contribution in [0.3, 0.4) is 0 Å². The number of nitrogens with zero attached hydrogens (tertiary/aromatic N) is 6. The zero-order valence-corrected chi connectivity index (χ0v) is 25.7. The maximum atomic E-state index is 14.5. The average Bonchev–Trinajstić information content (AvgIpc) is 3.81. The molecule has 2 aromatic carbocycles. The molecular formula is C34H35F5N6O2. The maximum Gasteiger partial charge on any atom is 0.416 e. The number of rotatable bonds is 8. The van der Waals surface area contributed by atoms with Gasteiger partial charge in [-0.25, -0.2) is 0 Å². The quantitative estimate of drug-likeness (QED) is 0.208. The Bertz CT molecular complexity index is 1720. The summed E-state index contributed by atoms with van der Waals surface area (Å²) in [6.45, 7) is 3.31. The van der Waals surface area contributed by atoms with Crippen molar-refractivity contribution in [3.05, 3.63) is 89.0 Å². The largest absolute Gasteiger partial charge is 0.416 e. The molecule has 4 heterocycles. The standard InChI is InChI=1S/C34H35F5N6O2/c1-2-28(46)43-12-10-33(19-43)9-11-42(18-33)16-21-13-25-26(27(14-21)34(37,38)39)17-44(31(25)47)24-8-4-7-23(15-24)29(22-5-3-6-22)30-41-40-20-45(30)32(35)36/h2,4,7-8,13-15,20,22,29,32H,1,3,5-6,9-12,16-19H2/t29-,33+/m1/s1. The summed E-state index contributed by atoms with van der Waals surface area (Å²) in [5.41, 5.74) is 0.484. The van der Waals surface area contributed by atoms with Crippen LogP contribution in [0.5, 0.6) is 0 Å². The molecule has 2 atom stereocenters. The van der Waals surface area contributed by atoms with Crippen LogP contribution in [-0.4, -0.2) is 62.6 Å². The number of carbonyl (C=O) groups excluding carboxylic acids is 2. The zero-order valence-electron chi connectivity index (χ0n) is 25.7. The number of hydrogen-bond donors (Lipinski definition) is 0. The molecule has 0 unspecified atom stereocenters. The lowest BCUT2D eigenvalue weighted by molar-refractivity contribution is -0.138. The SMILES string of the molecule is C=CC(=O)N1CC[C@]2(CCN(Cc3cc4c(c(C(F)(F)F)c3)CN(c3cccc([C@H](c5nncn5C(F)F)C5CCC5)c3)C4=O)C2)C1. The molecule has 4 aliphatic rings. The van der Waals surface area contributed by atoms with Crippen LogP contribution in [0.2, 0.25) is 0 Å². The Morgan fingerprint density at radius 3 is 2.60 bits per heavy atom. The van der Waals surface area contributed by atoms with Crippen molar-refractivity contribution in [1.29, 1.82) is 0 Å². The first kappa shape index (κ1) is 31.5. The number of anilines is 1. The van der Waals surface area contributed by atoms with Crippen LogP contribution in [0.25, 0.3) is 0 Å². The fourth-order valence-corrected chi connectivity index (χ4v) is 7.94. The Morgan fingerprint density at radius 2 is 1.89 bits per heavy atom. The Labute approximate surface area is 268 Å². The smallest absolute Gasteiger partial charge is 0.339 e. The monoisotopic (exact) mass is 654 g/mol. The van der Waals surface area contributed by atoms with Crippen molar-refractivity contribution in [1.82, 2.24) is 24.6 Å². The van der Waals surface area contributed by atoms with Crippen LogP contribution in [0.4, 0.5) is 27.6 Å². The van der Waals surface area contributed by atoms with Crippen LogP contribution < -0.4 is 4.90 Å². The van der Waals surface area contributed by atoms with Crippen molar-refractivity contribution >= 4 is 17.5 Å². The van der Waals surface area contributed by atoms with E-state index in [4.69, 9.17) is 0 Å². The molecule has 8 nitrogen and oxygen atoms in total. The van der Waals surface area contributed by atoms with Gasteiger partial charge in [-0.3, -0.25) is 19.1 Å². The summed E-state index contributed by atoms with van der Waals surface area (Å²) >= 11 is 0. The predicted molar refractivity (Wildman–Crippen MR) is 163 cm³/mol. The molecule has 2 amide bonds. The molecule has 1 aromatic heterocycles. The fraction of sp³-hybridized carbons (Fsp3) is 0.471. The van der Waals surface area contributed by atoms with Gasteiger partial charge in [0.05, 0.1) is 12.1 Å². The van der Waals surface area contributed by atoms with Gasteiger partial charge in [0.1, 0.15) is 12.2 Å². The molecule has 1 saturated carbocycles. The van der Waals surface area contributed by atoms with E-state index >= 15 is 0 Å². The highest BCUT2D eigenvalue weighted by Gasteiger charge is 2.45. The Balaban J connectivity index is 1.15. The number of benzene rings is 2. The molecule has 13 heteroatoms. The Kier molecular flexibility index (Phi) is 7.92. The third kappa shape index (κ3) is 5.72. The van der Waals surface area contributed by atoms with Gasteiger partial charge in [-0.15, -0.1) is 10.2 Å². The lowest BCUT2D eigenvalue weighted by atomic mass is 9.72. The minimum Gasteiger partial charge on any atom is -0.339 e. The van der Waals surface area contributed by atoms with Gasteiger partial charge in [0.15, 0.2) is 0 Å². The van der Waals surface area contributed by atoms with Crippen molar-refractivity contribution in [3.63, 3.8) is 0 Å². The number of likely N-dealkylation sites (tertiary alicyclic amines) is 2. The van der Waals surface area contributed by atoms with Crippen molar-refractivity contribution in [2.75, 3.05) is 31.1 Å². The predicted octanol–water partition coefficient (Wildman–Crippen LogP) is 6.39. The number of carbonyl (C=O) groups is 2. The van der Waals surface area contributed by atoms with Crippen LogP contribution in [0.1, 0.15) is 83.0 Å². The molecule has 1 spiro atoms. The molecule has 0 N–H and O–H groups in total. The number of aromatic nitrogens is 3. The molecule has 3 aromatic rings. The van der Waals surface area contributed by atoms with E-state index in [2.05, 4.69) is 21.7 Å². The first-order chi connectivity index (χ1) is 22.5. The van der Waals surface area contributed by atoms with Crippen molar-refractivity contribution in [3.8, 4) is 0 Å². The van der Waals surface area contributed by atoms with Crippen molar-refractivity contribution < 1.29 is 31.5 Å². The summed E-state index contributed by atoms with van der Waals surface area (Å²) < 4.78 is 71.8. The number of hydrogen-bond acceptors (Lipinski definition) is 5. The normalized spacial score (nSPS) is 22.4. The van der Waals surface area contributed by atoms with Gasteiger partial charge in [-0.1, -0.05) is 25.1 Å². The first-order valence-corrected chi connectivity index (χ1v) is 15.9. The molecular weight excluding hydrogens is 619 g/mol. The second-order valence-electron chi connectivity index (χ2n) is 13.4. The summed E-state index contributed by atoms with van der Waals surface area (Å²) in [5, 5.41) is 7.74. The van der Waals surface area contributed by atoms with E-state index in [1.54, 1.807) is 35.2 Å². The number of amides is 2. The summed E-state index contributed by atoms with van der Waals surface area (Å²) in [6.07, 6.45) is 1.90. The fourth-order valence-electron chi connectivity index (χ4n) is 7.94. The van der Waals surface area contributed by atoms with E-state index in [-0.39, 0.29) is 47.3 Å². The second-order valence-corrected chi connectivity index (χ2v) is 13.4. The highest BCUT2D eigenvalue weighted by molar-refractivity contribution is 6.10. The molecule has 248 valence electrons. The number of halogens is 5. The van der Waals surface area contributed by atoms with E-state index in [0.717, 1.165) is 49.1 Å². The van der Waals surface area contributed by atoms with Crippen LogP contribution in [-0.2, 0) is 24.1 Å². The highest BCUT2D eigenvalue weighted by atomic mass is 19.4. The van der Waals surface area contributed by atoms with Crippen molar-refractivity contribution in [2.45, 2.75) is 63.8 Å². The summed E-state index contributed by atoms with van der Waals surface area (Å²) in [6, 6.07) is 9.57. The third-order valence-electron chi connectivity index (χ3n) is 10.5. The van der Waals surface area contributed by atoms with Crippen LogP contribution in [0.15, 0.2) is 55.4 Å². The number of fused-ring (bicyclic) bond motifs is 1. The van der Waals surface area contributed by atoms with Gasteiger partial charge in [-0.2, -0.15) is 22.0 Å². The first-order valence-electron chi connectivity index (χ1n) is 15.9. The van der Waals surface area contributed by atoms with Gasteiger partial charge in [0.25, 0.3) is 5.91 Å². The van der Waals surface area contributed by atoms with E-state index in [1.165, 1.54) is 11.0 Å². The lowest BCUT2D eigenvalue weighted by Gasteiger charge is -2.34. The zero-order chi connectivity index (χ0) is 33.1. The molecule has 0 bridgehead atoms. The number of alkyl halides is 5. The highest BCUT2D eigenvalue weighted by Crippen LogP contribution is 2.46. The van der Waals surface area contributed by atoms with E-state index in [9.17, 15) is 31.5 Å². The third-order valence-corrected chi connectivity index (χ3v) is 10.5. The van der Waals surface area contributed by atoms with E-state index < -0.39 is 30.1 Å². The second kappa shape index (κ2) is 11.8. The summed E-state index contributed by atoms with van der Waals surface area (Å²) in [7, 11) is 0. The van der Waals surface area contributed by atoms with Crippen LogP contribution in [0, 0.1) is 11.3 Å². The van der Waals surface area contributed by atoms with Crippen molar-refractivity contribution in [2.24, 2.45) is 11.3 Å². The Morgan fingerprint density at radius 1 is 1.11 bits per heavy atom. The summed E-state index contributed by atoms with van der Waals surface area (Å²) in [4.78, 5) is 31.2. The van der Waals surface area contributed by atoms with Gasteiger partial charge >= 0.3 is 12.7 Å². The molecule has 3 fully saturated rings. The van der Waals surface area contributed by atoms with E-state index in [1.807, 2.05) is 0 Å². The average molecular weight is 655 g/mol. The van der Waals surface area contributed by atoms with Gasteiger partial charge in [0.2, 0.25) is 5.91 Å². The van der Waals surface area contributed by atoms with E-state index in [0.29, 0.717) is 43.0 Å². The lowest BCUT2D eigenvalue weighted by Crippen LogP contribution is -2.33. The summed E-state index contributed by atoms with van der Waals surface area (Å²) in [5.74, 6) is -0.964. The molecule has 0 radical (unpaired) electrons. The van der Waals surface area contributed by atoms with Gasteiger partial charge in [0, 0.05) is 48.8 Å². The topological polar surface area (TPSA) is 74.6 Å². The molecule has 1 aliphatic carbocycles. The molecule has 2 saturated heterocycles. The minimum absolute atomic E-state index is 0.0192. The van der Waals surface area contributed by atoms with Crippen LogP contribution >= 0.6 is 0 Å². The molecule has 3 aliphatic heterocycles. The Hall–Kier alpha value is -4.13. The van der Waals surface area contributed by atoms with Gasteiger partial charge in [-0.05, 0) is 85.2 Å². The maximum absolute atomic E-state index is 14.5. The minimum atomic E-state index is -4.67. The molecule has 7 rings (SSSR count).